The van der Waals surface area contributed by atoms with Gasteiger partial charge < -0.3 is 5.32 Å². The molecule has 0 amide bonds. The van der Waals surface area contributed by atoms with E-state index in [2.05, 4.69) is 21.5 Å². The van der Waals surface area contributed by atoms with E-state index in [1.54, 1.807) is 6.07 Å². The molecule has 21 heavy (non-hydrogen) atoms. The number of nitrogens with one attached hydrogen (secondary N) is 1. The van der Waals surface area contributed by atoms with Gasteiger partial charge in [0.15, 0.2) is 5.82 Å². The smallest absolute Gasteiger partial charge is 0.163 e. The minimum atomic E-state index is 0.478. The Kier molecular flexibility index (Phi) is 4.66. The molecule has 3 rings (SSSR count). The molecule has 1 aliphatic carbocycles. The first-order valence-electron chi connectivity index (χ1n) is 7.14. The van der Waals surface area contributed by atoms with Crippen molar-refractivity contribution in [1.82, 2.24) is 9.97 Å². The number of anilines is 1. The molecule has 1 aliphatic rings. The van der Waals surface area contributed by atoms with Crippen molar-refractivity contribution in [3.63, 3.8) is 0 Å². The fraction of sp³-hybridized carbons (Fsp3) is 0.375. The Labute approximate surface area is 134 Å². The molecule has 1 saturated carbocycles. The van der Waals surface area contributed by atoms with Crippen molar-refractivity contribution in [3.8, 4) is 11.4 Å². The SMILES string of the molecule is CSC1CCC(Nc2cc(Cl)nc(-c3ccccc3)n2)C1. The lowest BCUT2D eigenvalue weighted by Gasteiger charge is -2.14. The van der Waals surface area contributed by atoms with E-state index in [-0.39, 0.29) is 0 Å². The van der Waals surface area contributed by atoms with Gasteiger partial charge in [-0.2, -0.15) is 11.8 Å². The summed E-state index contributed by atoms with van der Waals surface area (Å²) in [5, 5.41) is 4.74. The van der Waals surface area contributed by atoms with E-state index in [1.165, 1.54) is 19.3 Å². The van der Waals surface area contributed by atoms with Gasteiger partial charge in [-0.05, 0) is 25.5 Å². The van der Waals surface area contributed by atoms with Crippen LogP contribution in [0.4, 0.5) is 5.82 Å². The van der Waals surface area contributed by atoms with Gasteiger partial charge in [0.25, 0.3) is 0 Å². The molecule has 2 unspecified atom stereocenters. The van der Waals surface area contributed by atoms with E-state index in [0.29, 0.717) is 17.0 Å². The molecule has 1 N–H and O–H groups in total. The number of hydrogen-bond donors (Lipinski definition) is 1. The molecule has 3 nitrogen and oxygen atoms in total. The van der Waals surface area contributed by atoms with Crippen molar-refractivity contribution in [2.24, 2.45) is 0 Å². The second kappa shape index (κ2) is 6.67. The summed E-state index contributed by atoms with van der Waals surface area (Å²) in [6.07, 6.45) is 5.82. The molecule has 0 aliphatic heterocycles. The van der Waals surface area contributed by atoms with Crippen LogP contribution in [0.15, 0.2) is 36.4 Å². The highest BCUT2D eigenvalue weighted by molar-refractivity contribution is 7.99. The van der Waals surface area contributed by atoms with Crippen LogP contribution in [0.5, 0.6) is 0 Å². The Morgan fingerprint density at radius 3 is 2.71 bits per heavy atom. The van der Waals surface area contributed by atoms with E-state index < -0.39 is 0 Å². The van der Waals surface area contributed by atoms with Crippen molar-refractivity contribution < 1.29 is 0 Å². The van der Waals surface area contributed by atoms with Crippen LogP contribution in [-0.2, 0) is 0 Å². The highest BCUT2D eigenvalue weighted by Crippen LogP contribution is 2.30. The number of hydrogen-bond acceptors (Lipinski definition) is 4. The molecular formula is C16H18ClN3S. The Morgan fingerprint density at radius 1 is 1.19 bits per heavy atom. The average Bonchev–Trinajstić information content (AvgIpc) is 2.95. The minimum Gasteiger partial charge on any atom is -0.367 e. The summed E-state index contributed by atoms with van der Waals surface area (Å²) in [5.74, 6) is 1.49. The Morgan fingerprint density at radius 2 is 2.00 bits per heavy atom. The second-order valence-corrected chi connectivity index (χ2v) is 6.80. The maximum atomic E-state index is 6.15. The zero-order chi connectivity index (χ0) is 14.7. The zero-order valence-corrected chi connectivity index (χ0v) is 13.5. The Balaban J connectivity index is 1.79. The highest BCUT2D eigenvalue weighted by Gasteiger charge is 2.24. The lowest BCUT2D eigenvalue weighted by molar-refractivity contribution is 0.751. The van der Waals surface area contributed by atoms with Gasteiger partial charge in [-0.1, -0.05) is 41.9 Å². The van der Waals surface area contributed by atoms with Gasteiger partial charge in [0.2, 0.25) is 0 Å². The molecular weight excluding hydrogens is 302 g/mol. The largest absolute Gasteiger partial charge is 0.367 e. The van der Waals surface area contributed by atoms with E-state index >= 15 is 0 Å². The van der Waals surface area contributed by atoms with Crippen LogP contribution in [0.25, 0.3) is 11.4 Å². The van der Waals surface area contributed by atoms with E-state index in [9.17, 15) is 0 Å². The third-order valence-corrected chi connectivity index (χ3v) is 5.09. The van der Waals surface area contributed by atoms with Crippen LogP contribution in [0.1, 0.15) is 19.3 Å². The quantitative estimate of drug-likeness (QED) is 0.842. The van der Waals surface area contributed by atoms with Crippen molar-refractivity contribution in [2.45, 2.75) is 30.6 Å². The standard InChI is InChI=1S/C16H18ClN3S/c1-21-13-8-7-12(9-13)18-15-10-14(17)19-16(20-15)11-5-3-2-4-6-11/h2-6,10,12-13H,7-9H2,1H3,(H,18,19,20). The summed E-state index contributed by atoms with van der Waals surface area (Å²) in [4.78, 5) is 8.92. The highest BCUT2D eigenvalue weighted by atomic mass is 35.5. The lowest BCUT2D eigenvalue weighted by atomic mass is 10.2. The second-order valence-electron chi connectivity index (χ2n) is 5.28. The van der Waals surface area contributed by atoms with Gasteiger partial charge in [0.1, 0.15) is 11.0 Å². The number of benzene rings is 1. The van der Waals surface area contributed by atoms with Gasteiger partial charge in [-0.15, -0.1) is 0 Å². The zero-order valence-electron chi connectivity index (χ0n) is 11.9. The summed E-state index contributed by atoms with van der Waals surface area (Å²) in [6, 6.07) is 12.2. The molecule has 5 heteroatoms. The fourth-order valence-electron chi connectivity index (χ4n) is 2.70. The van der Waals surface area contributed by atoms with Crippen LogP contribution in [0.3, 0.4) is 0 Å². The van der Waals surface area contributed by atoms with Gasteiger partial charge in [-0.3, -0.25) is 0 Å². The van der Waals surface area contributed by atoms with Crippen molar-refractivity contribution in [2.75, 3.05) is 11.6 Å². The van der Waals surface area contributed by atoms with Gasteiger partial charge in [-0.25, -0.2) is 9.97 Å². The van der Waals surface area contributed by atoms with E-state index in [4.69, 9.17) is 11.6 Å². The summed E-state index contributed by atoms with van der Waals surface area (Å²) in [5.41, 5.74) is 0.983. The summed E-state index contributed by atoms with van der Waals surface area (Å²) in [6.45, 7) is 0. The topological polar surface area (TPSA) is 37.8 Å². The summed E-state index contributed by atoms with van der Waals surface area (Å²) in [7, 11) is 0. The predicted octanol–water partition coefficient (Wildman–Crippen LogP) is 4.49. The summed E-state index contributed by atoms with van der Waals surface area (Å²) >= 11 is 8.10. The van der Waals surface area contributed by atoms with Crippen LogP contribution >= 0.6 is 23.4 Å². The van der Waals surface area contributed by atoms with Gasteiger partial charge >= 0.3 is 0 Å². The van der Waals surface area contributed by atoms with E-state index in [1.807, 2.05) is 42.1 Å². The molecule has 1 fully saturated rings. The van der Waals surface area contributed by atoms with Crippen LogP contribution in [0, 0.1) is 0 Å². The Bertz CT molecular complexity index is 606. The number of thioether (sulfide) groups is 1. The molecule has 110 valence electrons. The van der Waals surface area contributed by atoms with Crippen molar-refractivity contribution >= 4 is 29.2 Å². The van der Waals surface area contributed by atoms with E-state index in [0.717, 1.165) is 16.6 Å². The number of halogens is 1. The third kappa shape index (κ3) is 3.69. The molecule has 1 aromatic carbocycles. The van der Waals surface area contributed by atoms with Crippen molar-refractivity contribution in [3.05, 3.63) is 41.6 Å². The maximum Gasteiger partial charge on any atom is 0.163 e. The molecule has 2 atom stereocenters. The number of nitrogens with zero attached hydrogens (tertiary/aromatic N) is 2. The normalized spacial score (nSPS) is 21.4. The molecule has 1 aromatic heterocycles. The maximum absolute atomic E-state index is 6.15. The number of aromatic nitrogens is 2. The summed E-state index contributed by atoms with van der Waals surface area (Å²) < 4.78 is 0. The molecule has 0 spiro atoms. The first-order chi connectivity index (χ1) is 10.2. The van der Waals surface area contributed by atoms with Crippen LogP contribution < -0.4 is 5.32 Å². The third-order valence-electron chi connectivity index (χ3n) is 3.80. The Hall–Kier alpha value is -1.26. The molecule has 0 radical (unpaired) electrons. The van der Waals surface area contributed by atoms with Gasteiger partial charge in [0.05, 0.1) is 0 Å². The average molecular weight is 320 g/mol. The van der Waals surface area contributed by atoms with Crippen LogP contribution in [0.2, 0.25) is 5.15 Å². The molecule has 0 saturated heterocycles. The predicted molar refractivity (Wildman–Crippen MR) is 91.0 cm³/mol. The fourth-order valence-corrected chi connectivity index (χ4v) is 3.68. The van der Waals surface area contributed by atoms with Crippen molar-refractivity contribution in [1.29, 1.82) is 0 Å². The molecule has 1 heterocycles. The minimum absolute atomic E-state index is 0.478. The van der Waals surface area contributed by atoms with Gasteiger partial charge in [0, 0.05) is 22.9 Å². The lowest BCUT2D eigenvalue weighted by Crippen LogP contribution is -2.17. The molecule has 0 bridgehead atoms. The molecule has 2 aromatic rings. The van der Waals surface area contributed by atoms with Crippen LogP contribution in [-0.4, -0.2) is 27.5 Å². The first kappa shape index (κ1) is 14.7. The number of rotatable bonds is 4. The monoisotopic (exact) mass is 319 g/mol. The first-order valence-corrected chi connectivity index (χ1v) is 8.80.